The summed E-state index contributed by atoms with van der Waals surface area (Å²) in [5.74, 6) is 0.845. The maximum Gasteiger partial charge on any atom is 0.410 e. The van der Waals surface area contributed by atoms with Crippen molar-refractivity contribution in [3.05, 3.63) is 48.5 Å². The number of hydrogen-bond donors (Lipinski definition) is 0. The molecule has 0 unspecified atom stereocenters. The number of amides is 1. The zero-order valence-electron chi connectivity index (χ0n) is 16.3. The SMILES string of the molecule is CC(C)(C)OC(=O)N1C[C@@H]2C[C@H]1CN2c1cncc(Oc2ccc(F)cc2)c1. The van der Waals surface area contributed by atoms with Crippen molar-refractivity contribution in [1.29, 1.82) is 0 Å². The van der Waals surface area contributed by atoms with Gasteiger partial charge in [-0.1, -0.05) is 0 Å². The van der Waals surface area contributed by atoms with Crippen molar-refractivity contribution in [3.8, 4) is 11.5 Å². The number of nitrogens with zero attached hydrogens (tertiary/aromatic N) is 3. The number of piperazine rings is 1. The van der Waals surface area contributed by atoms with Crippen molar-refractivity contribution in [2.24, 2.45) is 0 Å². The van der Waals surface area contributed by atoms with Crippen LogP contribution in [0.4, 0.5) is 14.9 Å². The Labute approximate surface area is 163 Å². The van der Waals surface area contributed by atoms with Crippen LogP contribution in [-0.2, 0) is 4.74 Å². The zero-order valence-corrected chi connectivity index (χ0v) is 16.3. The molecule has 2 atom stereocenters. The summed E-state index contributed by atoms with van der Waals surface area (Å²) in [5.41, 5.74) is 0.463. The maximum atomic E-state index is 13.0. The molecule has 148 valence electrons. The third-order valence-electron chi connectivity index (χ3n) is 4.95. The van der Waals surface area contributed by atoms with Crippen LogP contribution in [0.5, 0.6) is 11.5 Å². The van der Waals surface area contributed by atoms with Gasteiger partial charge in [0.1, 0.15) is 22.9 Å². The lowest BCUT2D eigenvalue weighted by Gasteiger charge is -2.36. The molecule has 0 saturated carbocycles. The fourth-order valence-electron chi connectivity index (χ4n) is 3.79. The van der Waals surface area contributed by atoms with E-state index in [9.17, 15) is 9.18 Å². The van der Waals surface area contributed by atoms with Gasteiger partial charge in [-0.15, -0.1) is 0 Å². The number of fused-ring (bicyclic) bond motifs is 2. The zero-order chi connectivity index (χ0) is 19.9. The van der Waals surface area contributed by atoms with Crippen LogP contribution in [0.3, 0.4) is 0 Å². The largest absolute Gasteiger partial charge is 0.456 e. The van der Waals surface area contributed by atoms with Crippen molar-refractivity contribution in [2.45, 2.75) is 44.9 Å². The summed E-state index contributed by atoms with van der Waals surface area (Å²) in [4.78, 5) is 20.8. The summed E-state index contributed by atoms with van der Waals surface area (Å²) in [7, 11) is 0. The number of rotatable bonds is 3. The second-order valence-corrected chi connectivity index (χ2v) is 8.26. The Balaban J connectivity index is 1.43. The van der Waals surface area contributed by atoms with Gasteiger partial charge in [-0.05, 0) is 51.5 Å². The minimum atomic E-state index is -0.492. The highest BCUT2D eigenvalue weighted by Gasteiger charge is 2.46. The van der Waals surface area contributed by atoms with Crippen LogP contribution in [0.25, 0.3) is 0 Å². The van der Waals surface area contributed by atoms with Crippen LogP contribution in [0, 0.1) is 5.82 Å². The average Bonchev–Trinajstić information content (AvgIpc) is 3.23. The highest BCUT2D eigenvalue weighted by Crippen LogP contribution is 2.36. The third-order valence-corrected chi connectivity index (χ3v) is 4.95. The average molecular weight is 385 g/mol. The molecule has 2 fully saturated rings. The Morgan fingerprint density at radius 3 is 2.50 bits per heavy atom. The highest BCUT2D eigenvalue weighted by atomic mass is 19.1. The molecule has 0 spiro atoms. The predicted molar refractivity (Wildman–Crippen MR) is 103 cm³/mol. The Morgan fingerprint density at radius 1 is 1.11 bits per heavy atom. The molecule has 2 aromatic rings. The van der Waals surface area contributed by atoms with Gasteiger partial charge < -0.3 is 19.3 Å². The summed E-state index contributed by atoms with van der Waals surface area (Å²) in [6.45, 7) is 7.02. The number of carbonyl (C=O) groups excluding carboxylic acids is 1. The van der Waals surface area contributed by atoms with E-state index in [0.29, 0.717) is 18.0 Å². The number of likely N-dealkylation sites (tertiary alicyclic amines) is 1. The number of halogens is 1. The molecule has 3 heterocycles. The third kappa shape index (κ3) is 3.88. The topological polar surface area (TPSA) is 54.9 Å². The first-order chi connectivity index (χ1) is 13.3. The molecule has 1 aromatic carbocycles. The van der Waals surface area contributed by atoms with E-state index in [1.807, 2.05) is 31.7 Å². The molecule has 2 saturated heterocycles. The lowest BCUT2D eigenvalue weighted by molar-refractivity contribution is 0.0214. The Kier molecular flexibility index (Phi) is 4.61. The first-order valence-electron chi connectivity index (χ1n) is 9.43. The molecule has 0 N–H and O–H groups in total. The van der Waals surface area contributed by atoms with E-state index in [1.54, 1.807) is 24.5 Å². The highest BCUT2D eigenvalue weighted by molar-refractivity contribution is 5.70. The summed E-state index contributed by atoms with van der Waals surface area (Å²) in [6.07, 6.45) is 4.11. The number of hydrogen-bond acceptors (Lipinski definition) is 5. The fourth-order valence-corrected chi connectivity index (χ4v) is 3.79. The van der Waals surface area contributed by atoms with Gasteiger partial charge in [0.05, 0.1) is 24.1 Å². The Bertz CT molecular complexity index is 866. The van der Waals surface area contributed by atoms with Crippen molar-refractivity contribution in [1.82, 2.24) is 9.88 Å². The van der Waals surface area contributed by atoms with Crippen LogP contribution < -0.4 is 9.64 Å². The van der Waals surface area contributed by atoms with Crippen LogP contribution in [0.15, 0.2) is 42.7 Å². The molecule has 2 aliphatic rings. The molecule has 1 amide bonds. The first-order valence-corrected chi connectivity index (χ1v) is 9.43. The second kappa shape index (κ2) is 6.96. The molecular formula is C21H24FN3O3. The first kappa shape index (κ1) is 18.5. The van der Waals surface area contributed by atoms with E-state index in [2.05, 4.69) is 9.88 Å². The van der Waals surface area contributed by atoms with Gasteiger partial charge in [-0.2, -0.15) is 0 Å². The van der Waals surface area contributed by atoms with E-state index in [-0.39, 0.29) is 24.0 Å². The lowest BCUT2D eigenvalue weighted by atomic mass is 10.2. The van der Waals surface area contributed by atoms with E-state index in [1.165, 1.54) is 12.1 Å². The number of pyridine rings is 1. The van der Waals surface area contributed by atoms with Crippen LogP contribution in [-0.4, -0.2) is 46.8 Å². The van der Waals surface area contributed by atoms with Gasteiger partial charge in [0.15, 0.2) is 0 Å². The predicted octanol–water partition coefficient (Wildman–Crippen LogP) is 4.21. The van der Waals surface area contributed by atoms with Gasteiger partial charge in [0.2, 0.25) is 0 Å². The normalized spacial score (nSPS) is 21.1. The summed E-state index contributed by atoms with van der Waals surface area (Å²) >= 11 is 0. The standard InChI is InChI=1S/C21H24FN3O3/c1-21(2,3)28-20(26)25-13-16-8-17(25)12-24(16)15-9-19(11-23-10-15)27-18-6-4-14(22)5-7-18/h4-7,9-11,16-17H,8,12-13H2,1-3H3/t16-,17-/m0/s1. The van der Waals surface area contributed by atoms with Gasteiger partial charge in [-0.3, -0.25) is 4.98 Å². The molecule has 0 aliphatic carbocycles. The molecule has 1 aromatic heterocycles. The molecule has 6 nitrogen and oxygen atoms in total. The quantitative estimate of drug-likeness (QED) is 0.792. The number of aromatic nitrogens is 1. The smallest absolute Gasteiger partial charge is 0.410 e. The van der Waals surface area contributed by atoms with Gasteiger partial charge in [-0.25, -0.2) is 9.18 Å². The van der Waals surface area contributed by atoms with E-state index >= 15 is 0 Å². The number of anilines is 1. The van der Waals surface area contributed by atoms with Crippen LogP contribution in [0.2, 0.25) is 0 Å². The van der Waals surface area contributed by atoms with E-state index in [4.69, 9.17) is 9.47 Å². The summed E-state index contributed by atoms with van der Waals surface area (Å²) < 4.78 is 24.4. The Morgan fingerprint density at radius 2 is 1.86 bits per heavy atom. The van der Waals surface area contributed by atoms with Crippen LogP contribution in [0.1, 0.15) is 27.2 Å². The minimum absolute atomic E-state index is 0.140. The molecule has 28 heavy (non-hydrogen) atoms. The monoisotopic (exact) mass is 385 g/mol. The van der Waals surface area contributed by atoms with Gasteiger partial charge >= 0.3 is 6.09 Å². The molecule has 4 rings (SSSR count). The molecular weight excluding hydrogens is 361 g/mol. The molecule has 2 bridgehead atoms. The molecule has 2 aliphatic heterocycles. The molecule has 7 heteroatoms. The van der Waals surface area contributed by atoms with Gasteiger partial charge in [0, 0.05) is 25.2 Å². The van der Waals surface area contributed by atoms with Gasteiger partial charge in [0.25, 0.3) is 0 Å². The number of ether oxygens (including phenoxy) is 2. The van der Waals surface area contributed by atoms with Crippen molar-refractivity contribution >= 4 is 11.8 Å². The number of carbonyl (C=O) groups is 1. The number of benzene rings is 1. The maximum absolute atomic E-state index is 13.0. The van der Waals surface area contributed by atoms with Crippen molar-refractivity contribution in [3.63, 3.8) is 0 Å². The van der Waals surface area contributed by atoms with E-state index < -0.39 is 5.60 Å². The Hall–Kier alpha value is -2.83. The minimum Gasteiger partial charge on any atom is -0.456 e. The van der Waals surface area contributed by atoms with Crippen molar-refractivity contribution in [2.75, 3.05) is 18.0 Å². The summed E-state index contributed by atoms with van der Waals surface area (Å²) in [6, 6.07) is 8.18. The van der Waals surface area contributed by atoms with E-state index in [0.717, 1.165) is 18.7 Å². The molecule has 0 radical (unpaired) electrons. The van der Waals surface area contributed by atoms with Crippen molar-refractivity contribution < 1.29 is 18.7 Å². The lowest BCUT2D eigenvalue weighted by Crippen LogP contribution is -2.50. The van der Waals surface area contributed by atoms with Crippen LogP contribution >= 0.6 is 0 Å². The fraction of sp³-hybridized carbons (Fsp3) is 0.429. The summed E-state index contributed by atoms with van der Waals surface area (Å²) in [5, 5.41) is 0. The second-order valence-electron chi connectivity index (χ2n) is 8.26.